The molecule has 0 aromatic rings. The SMILES string of the molecule is CC(=O)NCC(=O)NC(C)CN1CCOCC1. The van der Waals surface area contributed by atoms with Crippen molar-refractivity contribution in [3.05, 3.63) is 0 Å². The Morgan fingerprint density at radius 2 is 2.00 bits per heavy atom. The highest BCUT2D eigenvalue weighted by atomic mass is 16.5. The number of rotatable bonds is 5. The number of nitrogens with one attached hydrogen (secondary N) is 2. The molecule has 2 N–H and O–H groups in total. The Labute approximate surface area is 102 Å². The highest BCUT2D eigenvalue weighted by Crippen LogP contribution is 1.98. The Morgan fingerprint density at radius 3 is 2.59 bits per heavy atom. The predicted molar refractivity (Wildman–Crippen MR) is 63.5 cm³/mol. The third-order valence-electron chi connectivity index (χ3n) is 2.54. The normalized spacial score (nSPS) is 18.5. The largest absolute Gasteiger partial charge is 0.379 e. The molecule has 6 nitrogen and oxygen atoms in total. The Kier molecular flexibility index (Phi) is 5.93. The number of hydrogen-bond acceptors (Lipinski definition) is 4. The summed E-state index contributed by atoms with van der Waals surface area (Å²) >= 11 is 0. The van der Waals surface area contributed by atoms with Crippen LogP contribution in [0.4, 0.5) is 0 Å². The minimum Gasteiger partial charge on any atom is -0.379 e. The van der Waals surface area contributed by atoms with Crippen LogP contribution in [0, 0.1) is 0 Å². The van der Waals surface area contributed by atoms with Crippen LogP contribution in [0.15, 0.2) is 0 Å². The van der Waals surface area contributed by atoms with Gasteiger partial charge in [-0.15, -0.1) is 0 Å². The fraction of sp³-hybridized carbons (Fsp3) is 0.818. The van der Waals surface area contributed by atoms with Crippen molar-refractivity contribution in [3.8, 4) is 0 Å². The van der Waals surface area contributed by atoms with Gasteiger partial charge in [-0.3, -0.25) is 14.5 Å². The highest BCUT2D eigenvalue weighted by Gasteiger charge is 2.14. The molecule has 1 heterocycles. The average Bonchev–Trinajstić information content (AvgIpc) is 2.27. The van der Waals surface area contributed by atoms with Gasteiger partial charge in [0.15, 0.2) is 0 Å². The van der Waals surface area contributed by atoms with Crippen LogP contribution in [0.2, 0.25) is 0 Å². The molecule has 0 radical (unpaired) electrons. The first-order valence-corrected chi connectivity index (χ1v) is 5.92. The van der Waals surface area contributed by atoms with Crippen molar-refractivity contribution in [1.82, 2.24) is 15.5 Å². The number of morpholine rings is 1. The van der Waals surface area contributed by atoms with Gasteiger partial charge in [0, 0.05) is 32.6 Å². The molecule has 0 aromatic carbocycles. The lowest BCUT2D eigenvalue weighted by Gasteiger charge is -2.29. The van der Waals surface area contributed by atoms with Crippen molar-refractivity contribution in [2.75, 3.05) is 39.4 Å². The molecule has 2 amide bonds. The molecule has 1 unspecified atom stereocenters. The second-order valence-corrected chi connectivity index (χ2v) is 4.29. The number of hydrogen-bond donors (Lipinski definition) is 2. The molecule has 0 aromatic heterocycles. The van der Waals surface area contributed by atoms with Crippen molar-refractivity contribution in [3.63, 3.8) is 0 Å². The number of nitrogens with zero attached hydrogens (tertiary/aromatic N) is 1. The summed E-state index contributed by atoms with van der Waals surface area (Å²) in [6.45, 7) is 7.54. The number of amides is 2. The zero-order valence-electron chi connectivity index (χ0n) is 10.5. The molecule has 98 valence electrons. The molecule has 1 saturated heterocycles. The quantitative estimate of drug-likeness (QED) is 0.647. The summed E-state index contributed by atoms with van der Waals surface area (Å²) in [6.07, 6.45) is 0. The van der Waals surface area contributed by atoms with Gasteiger partial charge in [-0.05, 0) is 6.92 Å². The first-order valence-electron chi connectivity index (χ1n) is 5.92. The molecule has 1 atom stereocenters. The van der Waals surface area contributed by atoms with E-state index in [1.165, 1.54) is 6.92 Å². The lowest BCUT2D eigenvalue weighted by molar-refractivity contribution is -0.125. The minimum atomic E-state index is -0.194. The summed E-state index contributed by atoms with van der Waals surface area (Å²) in [5, 5.41) is 5.32. The number of carbonyl (C=O) groups is 2. The van der Waals surface area contributed by atoms with Gasteiger partial charge < -0.3 is 15.4 Å². The topological polar surface area (TPSA) is 70.7 Å². The predicted octanol–water partition coefficient (Wildman–Crippen LogP) is -1.04. The van der Waals surface area contributed by atoms with E-state index in [-0.39, 0.29) is 24.4 Å². The molecule has 0 bridgehead atoms. The van der Waals surface area contributed by atoms with Crippen molar-refractivity contribution in [1.29, 1.82) is 0 Å². The maximum absolute atomic E-state index is 11.4. The van der Waals surface area contributed by atoms with Crippen molar-refractivity contribution in [2.24, 2.45) is 0 Å². The van der Waals surface area contributed by atoms with Crippen LogP contribution in [0.5, 0.6) is 0 Å². The monoisotopic (exact) mass is 243 g/mol. The van der Waals surface area contributed by atoms with Crippen molar-refractivity contribution < 1.29 is 14.3 Å². The molecule has 1 aliphatic rings. The van der Waals surface area contributed by atoms with E-state index in [0.29, 0.717) is 0 Å². The molecular formula is C11H21N3O3. The summed E-state index contributed by atoms with van der Waals surface area (Å²) in [6, 6.07) is 0.0781. The third kappa shape index (κ3) is 6.23. The van der Waals surface area contributed by atoms with E-state index in [4.69, 9.17) is 4.74 Å². The van der Waals surface area contributed by atoms with Gasteiger partial charge in [0.25, 0.3) is 0 Å². The first kappa shape index (κ1) is 13.9. The van der Waals surface area contributed by atoms with Gasteiger partial charge in [-0.1, -0.05) is 0 Å². The van der Waals surface area contributed by atoms with Gasteiger partial charge in [0.2, 0.25) is 11.8 Å². The molecule has 1 fully saturated rings. The van der Waals surface area contributed by atoms with Gasteiger partial charge in [0.1, 0.15) is 0 Å². The van der Waals surface area contributed by atoms with Crippen LogP contribution in [-0.2, 0) is 14.3 Å². The third-order valence-corrected chi connectivity index (χ3v) is 2.54. The maximum atomic E-state index is 11.4. The van der Waals surface area contributed by atoms with Crippen LogP contribution in [0.3, 0.4) is 0 Å². The second kappa shape index (κ2) is 7.24. The summed E-state index contributed by atoms with van der Waals surface area (Å²) in [4.78, 5) is 24.3. The summed E-state index contributed by atoms with van der Waals surface area (Å²) in [7, 11) is 0. The fourth-order valence-electron chi connectivity index (χ4n) is 1.75. The molecule has 6 heteroatoms. The standard InChI is InChI=1S/C11H21N3O3/c1-9(8-14-3-5-17-6-4-14)13-11(16)7-12-10(2)15/h9H,3-8H2,1-2H3,(H,12,15)(H,13,16). The van der Waals surface area contributed by atoms with E-state index in [1.807, 2.05) is 6.92 Å². The Balaban J connectivity index is 2.16. The summed E-state index contributed by atoms with van der Waals surface area (Å²) in [5.74, 6) is -0.345. The minimum absolute atomic E-state index is 0.0444. The lowest BCUT2D eigenvalue weighted by Crippen LogP contribution is -2.48. The van der Waals surface area contributed by atoms with E-state index >= 15 is 0 Å². The Morgan fingerprint density at radius 1 is 1.35 bits per heavy atom. The molecule has 17 heavy (non-hydrogen) atoms. The van der Waals surface area contributed by atoms with Gasteiger partial charge >= 0.3 is 0 Å². The Hall–Kier alpha value is -1.14. The van der Waals surface area contributed by atoms with Gasteiger partial charge in [-0.2, -0.15) is 0 Å². The van der Waals surface area contributed by atoms with Crippen LogP contribution >= 0.6 is 0 Å². The molecular weight excluding hydrogens is 222 g/mol. The van der Waals surface area contributed by atoms with Crippen LogP contribution in [0.25, 0.3) is 0 Å². The van der Waals surface area contributed by atoms with Gasteiger partial charge in [0.05, 0.1) is 19.8 Å². The fourth-order valence-corrected chi connectivity index (χ4v) is 1.75. The summed E-state index contributed by atoms with van der Waals surface area (Å²) < 4.78 is 5.25. The maximum Gasteiger partial charge on any atom is 0.239 e. The summed E-state index contributed by atoms with van der Waals surface area (Å²) in [5.41, 5.74) is 0. The van der Waals surface area contributed by atoms with Crippen LogP contribution < -0.4 is 10.6 Å². The van der Waals surface area contributed by atoms with E-state index in [2.05, 4.69) is 15.5 Å². The van der Waals surface area contributed by atoms with Crippen LogP contribution in [-0.4, -0.2) is 62.1 Å². The Bertz CT molecular complexity index is 265. The molecule has 0 spiro atoms. The van der Waals surface area contributed by atoms with E-state index < -0.39 is 0 Å². The van der Waals surface area contributed by atoms with Crippen LogP contribution in [0.1, 0.15) is 13.8 Å². The molecule has 0 saturated carbocycles. The molecule has 0 aliphatic carbocycles. The molecule has 1 rings (SSSR count). The average molecular weight is 243 g/mol. The van der Waals surface area contributed by atoms with E-state index in [1.54, 1.807) is 0 Å². The van der Waals surface area contributed by atoms with E-state index in [0.717, 1.165) is 32.8 Å². The lowest BCUT2D eigenvalue weighted by atomic mass is 10.3. The van der Waals surface area contributed by atoms with E-state index in [9.17, 15) is 9.59 Å². The van der Waals surface area contributed by atoms with Crippen molar-refractivity contribution in [2.45, 2.75) is 19.9 Å². The van der Waals surface area contributed by atoms with Crippen molar-refractivity contribution >= 4 is 11.8 Å². The number of carbonyl (C=O) groups excluding carboxylic acids is 2. The zero-order chi connectivity index (χ0) is 12.7. The molecule has 1 aliphatic heterocycles. The van der Waals surface area contributed by atoms with Gasteiger partial charge in [-0.25, -0.2) is 0 Å². The zero-order valence-corrected chi connectivity index (χ0v) is 10.5. The number of ether oxygens (including phenoxy) is 1. The highest BCUT2D eigenvalue weighted by molar-refractivity contribution is 5.83. The smallest absolute Gasteiger partial charge is 0.239 e. The second-order valence-electron chi connectivity index (χ2n) is 4.29. The first-order chi connectivity index (χ1) is 8.08.